The Morgan fingerprint density at radius 2 is 1.66 bits per heavy atom. The lowest BCUT2D eigenvalue weighted by Crippen LogP contribution is -2.26. The summed E-state index contributed by atoms with van der Waals surface area (Å²) in [6.45, 7) is 3.83. The van der Waals surface area contributed by atoms with Crippen molar-refractivity contribution in [2.24, 2.45) is 0 Å². The van der Waals surface area contributed by atoms with E-state index in [9.17, 15) is 14.7 Å². The van der Waals surface area contributed by atoms with Crippen molar-refractivity contribution in [3.05, 3.63) is 94.6 Å². The molecule has 0 spiro atoms. The summed E-state index contributed by atoms with van der Waals surface area (Å²) in [5.74, 6) is -0.209. The fourth-order valence-corrected chi connectivity index (χ4v) is 4.15. The Morgan fingerprint density at radius 1 is 1.03 bits per heavy atom. The number of alkyl carbamates (subject to hydrolysis) is 1. The number of hydrogen-bond acceptors (Lipinski definition) is 4. The van der Waals surface area contributed by atoms with Crippen LogP contribution in [0.2, 0.25) is 0 Å². The molecule has 32 heavy (non-hydrogen) atoms. The molecule has 0 saturated carbocycles. The zero-order valence-corrected chi connectivity index (χ0v) is 18.1. The van der Waals surface area contributed by atoms with Gasteiger partial charge in [0.25, 0.3) is 0 Å². The highest BCUT2D eigenvalue weighted by atomic mass is 16.5. The summed E-state index contributed by atoms with van der Waals surface area (Å²) in [6, 6.07) is 19.6. The van der Waals surface area contributed by atoms with Crippen LogP contribution in [0.1, 0.15) is 45.5 Å². The zero-order chi connectivity index (χ0) is 22.7. The van der Waals surface area contributed by atoms with Gasteiger partial charge >= 0.3 is 6.09 Å². The molecule has 0 saturated heterocycles. The smallest absolute Gasteiger partial charge is 0.407 e. The number of hydrogen-bond donors (Lipinski definition) is 2. The minimum absolute atomic E-state index is 0.0223. The standard InChI is InChI=1S/C27H25NO4/c1-17-14-24(18(2)29)26(30)15-19(17)8-7-13-28-27(31)32-16-25-22-11-5-3-9-20(22)21-10-4-6-12-23(21)25/h3-12,14-15,25,30H,13,16H2,1-2H3,(H,28,31). The molecule has 0 unspecified atom stereocenters. The van der Waals surface area contributed by atoms with Crippen molar-refractivity contribution in [2.75, 3.05) is 13.2 Å². The summed E-state index contributed by atoms with van der Waals surface area (Å²) in [6.07, 6.45) is 3.09. The molecule has 4 rings (SSSR count). The fraction of sp³-hybridized carbons (Fsp3) is 0.185. The van der Waals surface area contributed by atoms with Gasteiger partial charge in [-0.2, -0.15) is 0 Å². The summed E-state index contributed by atoms with van der Waals surface area (Å²) < 4.78 is 5.52. The number of benzene rings is 3. The Kier molecular flexibility index (Phi) is 6.08. The number of carbonyl (C=O) groups excluding carboxylic acids is 2. The first-order chi connectivity index (χ1) is 15.5. The second kappa shape index (κ2) is 9.10. The molecule has 0 bridgehead atoms. The summed E-state index contributed by atoms with van der Waals surface area (Å²) in [5.41, 5.74) is 6.67. The molecule has 162 valence electrons. The van der Waals surface area contributed by atoms with Gasteiger partial charge in [-0.25, -0.2) is 4.79 Å². The number of rotatable bonds is 6. The number of Topliss-reactive ketones (excluding diaryl/α,β-unsaturated/α-hetero) is 1. The van der Waals surface area contributed by atoms with Crippen LogP contribution in [0, 0.1) is 6.92 Å². The van der Waals surface area contributed by atoms with E-state index in [2.05, 4.69) is 29.6 Å². The van der Waals surface area contributed by atoms with Crippen molar-refractivity contribution in [3.63, 3.8) is 0 Å². The van der Waals surface area contributed by atoms with Crippen LogP contribution < -0.4 is 5.32 Å². The van der Waals surface area contributed by atoms with E-state index in [1.807, 2.05) is 31.2 Å². The number of aromatic hydroxyl groups is 1. The first-order valence-corrected chi connectivity index (χ1v) is 10.6. The first-order valence-electron chi connectivity index (χ1n) is 10.6. The molecule has 1 amide bonds. The first kappa shape index (κ1) is 21.4. The van der Waals surface area contributed by atoms with Gasteiger partial charge in [-0.3, -0.25) is 4.79 Å². The number of carbonyl (C=O) groups is 2. The highest BCUT2D eigenvalue weighted by molar-refractivity contribution is 5.97. The second-order valence-corrected chi connectivity index (χ2v) is 7.89. The highest BCUT2D eigenvalue weighted by Crippen LogP contribution is 2.44. The van der Waals surface area contributed by atoms with Gasteiger partial charge in [0.1, 0.15) is 12.4 Å². The second-order valence-electron chi connectivity index (χ2n) is 7.89. The van der Waals surface area contributed by atoms with Crippen molar-refractivity contribution in [3.8, 4) is 16.9 Å². The van der Waals surface area contributed by atoms with Crippen LogP contribution in [0.3, 0.4) is 0 Å². The van der Waals surface area contributed by atoms with E-state index in [0.717, 1.165) is 11.1 Å². The number of ether oxygens (including phenoxy) is 1. The van der Waals surface area contributed by atoms with Crippen molar-refractivity contribution in [1.82, 2.24) is 5.32 Å². The van der Waals surface area contributed by atoms with Crippen LogP contribution >= 0.6 is 0 Å². The Labute approximate surface area is 187 Å². The maximum absolute atomic E-state index is 12.2. The third-order valence-electron chi connectivity index (χ3n) is 5.77. The quantitative estimate of drug-likeness (QED) is 0.513. The Bertz CT molecular complexity index is 1170. The molecule has 0 aliphatic heterocycles. The van der Waals surface area contributed by atoms with Crippen LogP contribution in [0.15, 0.2) is 66.7 Å². The van der Waals surface area contributed by atoms with Gasteiger partial charge in [-0.1, -0.05) is 60.7 Å². The minimum Gasteiger partial charge on any atom is -0.507 e. The average molecular weight is 428 g/mol. The summed E-state index contributed by atoms with van der Waals surface area (Å²) in [4.78, 5) is 23.7. The van der Waals surface area contributed by atoms with Gasteiger partial charge < -0.3 is 15.2 Å². The number of amides is 1. The number of fused-ring (bicyclic) bond motifs is 3. The molecule has 0 heterocycles. The zero-order valence-electron chi connectivity index (χ0n) is 18.1. The number of ketones is 1. The Morgan fingerprint density at radius 3 is 2.28 bits per heavy atom. The van der Waals surface area contributed by atoms with Crippen LogP contribution in [0.5, 0.6) is 5.75 Å². The van der Waals surface area contributed by atoms with E-state index in [1.54, 1.807) is 24.3 Å². The van der Waals surface area contributed by atoms with Gasteiger partial charge in [0.15, 0.2) is 5.78 Å². The van der Waals surface area contributed by atoms with E-state index in [-0.39, 0.29) is 30.6 Å². The topological polar surface area (TPSA) is 75.6 Å². The molecular weight excluding hydrogens is 402 g/mol. The molecule has 0 fully saturated rings. The number of phenols is 1. The maximum atomic E-state index is 12.2. The molecule has 1 aliphatic rings. The molecular formula is C27H25NO4. The van der Waals surface area contributed by atoms with Gasteiger partial charge in [-0.05, 0) is 59.4 Å². The van der Waals surface area contributed by atoms with Gasteiger partial charge in [0.2, 0.25) is 0 Å². The van der Waals surface area contributed by atoms with Crippen LogP contribution in [0.25, 0.3) is 17.2 Å². The Balaban J connectivity index is 1.34. The number of nitrogens with one attached hydrogen (secondary N) is 1. The number of phenolic OH excluding ortho intramolecular Hbond substituents is 1. The molecule has 1 aliphatic carbocycles. The summed E-state index contributed by atoms with van der Waals surface area (Å²) in [7, 11) is 0. The summed E-state index contributed by atoms with van der Waals surface area (Å²) in [5, 5.41) is 12.7. The average Bonchev–Trinajstić information content (AvgIpc) is 3.11. The largest absolute Gasteiger partial charge is 0.507 e. The van der Waals surface area contributed by atoms with E-state index >= 15 is 0 Å². The van der Waals surface area contributed by atoms with Crippen LogP contribution in [-0.2, 0) is 4.74 Å². The van der Waals surface area contributed by atoms with Crippen LogP contribution in [-0.4, -0.2) is 30.1 Å². The number of aryl methyl sites for hydroxylation is 1. The van der Waals surface area contributed by atoms with Gasteiger partial charge in [0.05, 0.1) is 5.56 Å². The summed E-state index contributed by atoms with van der Waals surface area (Å²) >= 11 is 0. The molecule has 3 aromatic carbocycles. The Hall–Kier alpha value is -3.86. The molecule has 0 radical (unpaired) electrons. The SMILES string of the molecule is CC(=O)c1cc(C)c(C=CCNC(=O)OCC2c3ccccc3-c3ccccc32)cc1O. The maximum Gasteiger partial charge on any atom is 0.407 e. The lowest BCUT2D eigenvalue weighted by Gasteiger charge is -2.14. The fourth-order valence-electron chi connectivity index (χ4n) is 4.15. The van der Waals surface area contributed by atoms with Crippen LogP contribution in [0.4, 0.5) is 4.79 Å². The highest BCUT2D eigenvalue weighted by Gasteiger charge is 2.28. The predicted octanol–water partition coefficient (Wildman–Crippen LogP) is 5.46. The van der Waals surface area contributed by atoms with E-state index < -0.39 is 6.09 Å². The van der Waals surface area contributed by atoms with E-state index in [4.69, 9.17) is 4.74 Å². The third kappa shape index (κ3) is 4.28. The molecule has 2 N–H and O–H groups in total. The normalized spacial score (nSPS) is 12.4. The van der Waals surface area contributed by atoms with Gasteiger partial charge in [0, 0.05) is 12.5 Å². The lowest BCUT2D eigenvalue weighted by atomic mass is 9.98. The molecule has 0 atom stereocenters. The van der Waals surface area contributed by atoms with Gasteiger partial charge in [-0.15, -0.1) is 0 Å². The minimum atomic E-state index is -0.483. The lowest BCUT2D eigenvalue weighted by molar-refractivity contribution is 0.101. The van der Waals surface area contributed by atoms with Crippen molar-refractivity contribution >= 4 is 18.0 Å². The van der Waals surface area contributed by atoms with Crippen molar-refractivity contribution in [1.29, 1.82) is 0 Å². The molecule has 3 aromatic rings. The predicted molar refractivity (Wildman–Crippen MR) is 125 cm³/mol. The molecule has 5 nitrogen and oxygen atoms in total. The van der Waals surface area contributed by atoms with Crippen molar-refractivity contribution in [2.45, 2.75) is 19.8 Å². The molecule has 5 heteroatoms. The van der Waals surface area contributed by atoms with E-state index in [0.29, 0.717) is 5.56 Å². The monoisotopic (exact) mass is 427 g/mol. The third-order valence-corrected chi connectivity index (χ3v) is 5.77. The van der Waals surface area contributed by atoms with Crippen molar-refractivity contribution < 1.29 is 19.4 Å². The van der Waals surface area contributed by atoms with E-state index in [1.165, 1.54) is 29.2 Å². The molecule has 0 aromatic heterocycles.